The highest BCUT2D eigenvalue weighted by Gasteiger charge is 2.39. The maximum Gasteiger partial charge on any atom is 0.248 e. The highest BCUT2D eigenvalue weighted by Crippen LogP contribution is 2.53. The highest BCUT2D eigenvalue weighted by atomic mass is 19.1. The van der Waals surface area contributed by atoms with Crippen LogP contribution >= 0.6 is 0 Å². The minimum Gasteiger partial charge on any atom is -0.368 e. The molecule has 2 bridgehead atoms. The van der Waals surface area contributed by atoms with Gasteiger partial charge in [-0.2, -0.15) is 9.67 Å². The van der Waals surface area contributed by atoms with Crippen molar-refractivity contribution in [2.75, 3.05) is 24.1 Å². The van der Waals surface area contributed by atoms with Gasteiger partial charge in [0.05, 0.1) is 5.69 Å². The number of aromatic nitrogens is 5. The number of nitrogens with one attached hydrogen (secondary N) is 1. The number of anilines is 3. The van der Waals surface area contributed by atoms with E-state index in [4.69, 9.17) is 21.0 Å². The van der Waals surface area contributed by atoms with Crippen molar-refractivity contribution in [3.05, 3.63) is 70.0 Å². The Balaban J connectivity index is 1.10. The molecule has 4 aromatic rings. The molecule has 5 aliphatic rings. The summed E-state index contributed by atoms with van der Waals surface area (Å²) >= 11 is 0. The SMILES string of the molecule is Cc1cc(F)ccc1-c1nnc(-n2nc(Nc3ccc4c(c3)CCC(N3CCCC3)CC4)nc2N)c2c1C1CCC2CC1. The van der Waals surface area contributed by atoms with Gasteiger partial charge in [-0.3, -0.25) is 0 Å². The van der Waals surface area contributed by atoms with Gasteiger partial charge in [0.15, 0.2) is 5.82 Å². The lowest BCUT2D eigenvalue weighted by atomic mass is 9.66. The molecule has 2 aromatic heterocycles. The number of aryl methyl sites for hydroxylation is 3. The van der Waals surface area contributed by atoms with E-state index in [1.54, 1.807) is 10.7 Å². The summed E-state index contributed by atoms with van der Waals surface area (Å²) in [4.78, 5) is 7.29. The summed E-state index contributed by atoms with van der Waals surface area (Å²) < 4.78 is 15.6. The Labute approximate surface area is 251 Å². The van der Waals surface area contributed by atoms with Crippen LogP contribution in [-0.2, 0) is 12.8 Å². The molecule has 0 amide bonds. The van der Waals surface area contributed by atoms with Crippen LogP contribution in [0, 0.1) is 12.7 Å². The number of nitrogens with two attached hydrogens (primary N) is 1. The van der Waals surface area contributed by atoms with Crippen LogP contribution in [0.15, 0.2) is 36.4 Å². The van der Waals surface area contributed by atoms with Crippen molar-refractivity contribution < 1.29 is 4.39 Å². The number of benzene rings is 2. The summed E-state index contributed by atoms with van der Waals surface area (Å²) in [5.74, 6) is 1.95. The molecule has 1 aliphatic heterocycles. The zero-order chi connectivity index (χ0) is 29.1. The Morgan fingerprint density at radius 3 is 2.37 bits per heavy atom. The molecule has 8 nitrogen and oxygen atoms in total. The molecule has 222 valence electrons. The monoisotopic (exact) mass is 578 g/mol. The van der Waals surface area contributed by atoms with Gasteiger partial charge in [0.25, 0.3) is 0 Å². The molecule has 3 N–H and O–H groups in total. The number of fused-ring (bicyclic) bond motifs is 3. The first-order valence-electron chi connectivity index (χ1n) is 16.0. The van der Waals surface area contributed by atoms with Gasteiger partial charge in [0.1, 0.15) is 5.82 Å². The minimum absolute atomic E-state index is 0.239. The zero-order valence-electron chi connectivity index (χ0n) is 24.8. The van der Waals surface area contributed by atoms with Crippen molar-refractivity contribution in [2.45, 2.75) is 89.0 Å². The van der Waals surface area contributed by atoms with Gasteiger partial charge in [0.2, 0.25) is 11.9 Å². The molecule has 2 fully saturated rings. The molecule has 4 aliphatic carbocycles. The van der Waals surface area contributed by atoms with Crippen LogP contribution in [-0.4, -0.2) is 49.0 Å². The number of hydrogen-bond acceptors (Lipinski definition) is 7. The lowest BCUT2D eigenvalue weighted by molar-refractivity contribution is 0.222. The largest absolute Gasteiger partial charge is 0.368 e. The molecule has 43 heavy (non-hydrogen) atoms. The fourth-order valence-corrected chi connectivity index (χ4v) is 8.29. The lowest BCUT2D eigenvalue weighted by Gasteiger charge is -2.39. The zero-order valence-corrected chi connectivity index (χ0v) is 24.8. The van der Waals surface area contributed by atoms with E-state index in [0.717, 1.165) is 61.0 Å². The summed E-state index contributed by atoms with van der Waals surface area (Å²) in [7, 11) is 0. The Bertz CT molecular complexity index is 1680. The summed E-state index contributed by atoms with van der Waals surface area (Å²) in [5, 5.41) is 17.7. The van der Waals surface area contributed by atoms with Crippen LogP contribution in [0.1, 0.15) is 91.0 Å². The minimum atomic E-state index is -0.239. The third-order valence-corrected chi connectivity index (χ3v) is 10.5. The first kappa shape index (κ1) is 26.8. The standard InChI is InChI=1S/C34H39FN8/c1-20-18-25(35)11-15-28(20)31-29-22-4-6-23(7-5-22)30(29)32(40-39-31)43-33(36)38-34(41-43)37-26-12-8-21-9-13-27(14-10-24(21)19-26)42-16-2-3-17-42/h8,11-12,15,18-19,22-23,27H,2-7,9-10,13-14,16-17H2,1H3,(H3,36,37,38,41). The molecule has 9 heteroatoms. The summed E-state index contributed by atoms with van der Waals surface area (Å²) in [5.41, 5.74) is 15.4. The molecule has 1 saturated heterocycles. The maximum absolute atomic E-state index is 13.9. The fraction of sp³-hybridized carbons (Fsp3) is 0.471. The van der Waals surface area contributed by atoms with Gasteiger partial charge >= 0.3 is 0 Å². The van der Waals surface area contributed by atoms with Crippen molar-refractivity contribution in [2.24, 2.45) is 0 Å². The van der Waals surface area contributed by atoms with Crippen LogP contribution in [0.25, 0.3) is 17.1 Å². The topological polar surface area (TPSA) is 97.8 Å². The number of nitrogens with zero attached hydrogens (tertiary/aromatic N) is 6. The fourth-order valence-electron chi connectivity index (χ4n) is 8.29. The van der Waals surface area contributed by atoms with E-state index < -0.39 is 0 Å². The second-order valence-electron chi connectivity index (χ2n) is 13.0. The van der Waals surface area contributed by atoms with Crippen LogP contribution < -0.4 is 11.1 Å². The number of hydrogen-bond donors (Lipinski definition) is 2. The molecule has 1 unspecified atom stereocenters. The van der Waals surface area contributed by atoms with Gasteiger partial charge in [-0.25, -0.2) is 4.39 Å². The molecule has 0 spiro atoms. The first-order chi connectivity index (χ1) is 21.0. The Morgan fingerprint density at radius 2 is 1.60 bits per heavy atom. The van der Waals surface area contributed by atoms with Gasteiger partial charge in [-0.15, -0.1) is 15.3 Å². The summed E-state index contributed by atoms with van der Waals surface area (Å²) in [6.45, 7) is 4.45. The van der Waals surface area contributed by atoms with Crippen molar-refractivity contribution >= 4 is 17.6 Å². The Morgan fingerprint density at radius 1 is 0.860 bits per heavy atom. The Kier molecular flexibility index (Phi) is 6.66. The molecular formula is C34H39FN8. The molecule has 1 atom stereocenters. The molecular weight excluding hydrogens is 539 g/mol. The quantitative estimate of drug-likeness (QED) is 0.258. The van der Waals surface area contributed by atoms with Gasteiger partial charge in [-0.1, -0.05) is 6.07 Å². The second-order valence-corrected chi connectivity index (χ2v) is 13.0. The van der Waals surface area contributed by atoms with E-state index in [0.29, 0.717) is 29.6 Å². The van der Waals surface area contributed by atoms with Crippen molar-refractivity contribution in [3.63, 3.8) is 0 Å². The van der Waals surface area contributed by atoms with Crippen LogP contribution in [0.4, 0.5) is 22.0 Å². The van der Waals surface area contributed by atoms with E-state index in [9.17, 15) is 4.39 Å². The van der Waals surface area contributed by atoms with Crippen LogP contribution in [0.3, 0.4) is 0 Å². The van der Waals surface area contributed by atoms with E-state index in [1.165, 1.54) is 67.1 Å². The molecule has 3 heterocycles. The normalized spacial score (nSPS) is 23.2. The predicted molar refractivity (Wildman–Crippen MR) is 166 cm³/mol. The van der Waals surface area contributed by atoms with Gasteiger partial charge < -0.3 is 16.0 Å². The molecule has 2 aromatic carbocycles. The number of halogens is 1. The average molecular weight is 579 g/mol. The Hall–Kier alpha value is -3.85. The maximum atomic E-state index is 13.9. The molecule has 0 radical (unpaired) electrons. The highest BCUT2D eigenvalue weighted by molar-refractivity contribution is 5.71. The summed E-state index contributed by atoms with van der Waals surface area (Å²) in [6, 6.07) is 12.3. The van der Waals surface area contributed by atoms with Gasteiger partial charge in [0, 0.05) is 22.9 Å². The predicted octanol–water partition coefficient (Wildman–Crippen LogP) is 6.60. The number of rotatable bonds is 5. The van der Waals surface area contributed by atoms with Gasteiger partial charge in [-0.05, 0) is 149 Å². The summed E-state index contributed by atoms with van der Waals surface area (Å²) in [6.07, 6.45) is 11.9. The lowest BCUT2D eigenvalue weighted by Crippen LogP contribution is -2.32. The van der Waals surface area contributed by atoms with E-state index in [1.807, 2.05) is 13.0 Å². The smallest absolute Gasteiger partial charge is 0.248 e. The second kappa shape index (κ2) is 10.7. The first-order valence-corrected chi connectivity index (χ1v) is 16.0. The van der Waals surface area contributed by atoms with Crippen LogP contribution in [0.5, 0.6) is 0 Å². The van der Waals surface area contributed by atoms with Crippen LogP contribution in [0.2, 0.25) is 0 Å². The number of nitrogen functional groups attached to an aromatic ring is 1. The van der Waals surface area contributed by atoms with Crippen molar-refractivity contribution in [1.29, 1.82) is 0 Å². The third-order valence-electron chi connectivity index (χ3n) is 10.5. The van der Waals surface area contributed by atoms with E-state index in [2.05, 4.69) is 33.4 Å². The van der Waals surface area contributed by atoms with E-state index in [-0.39, 0.29) is 11.8 Å². The number of likely N-dealkylation sites (tertiary alicyclic amines) is 1. The van der Waals surface area contributed by atoms with E-state index >= 15 is 0 Å². The molecule has 9 rings (SSSR count). The third kappa shape index (κ3) is 4.78. The van der Waals surface area contributed by atoms with Crippen molar-refractivity contribution in [3.8, 4) is 17.1 Å². The average Bonchev–Trinajstić information content (AvgIpc) is 3.63. The van der Waals surface area contributed by atoms with Crippen molar-refractivity contribution in [1.82, 2.24) is 29.9 Å². The molecule has 1 saturated carbocycles.